The third-order valence-corrected chi connectivity index (χ3v) is 4.50. The van der Waals surface area contributed by atoms with Crippen molar-refractivity contribution in [2.45, 2.75) is 71.5 Å². The number of amides is 1. The van der Waals surface area contributed by atoms with Gasteiger partial charge < -0.3 is 20.1 Å². The highest BCUT2D eigenvalue weighted by Crippen LogP contribution is 2.18. The summed E-state index contributed by atoms with van der Waals surface area (Å²) in [5.74, 6) is 2.39. The molecular weight excluding hydrogens is 457 g/mol. The number of rotatable bonds is 5. The van der Waals surface area contributed by atoms with E-state index in [2.05, 4.69) is 20.8 Å². The van der Waals surface area contributed by atoms with E-state index in [9.17, 15) is 4.79 Å². The van der Waals surface area contributed by atoms with Gasteiger partial charge in [0, 0.05) is 25.7 Å². The van der Waals surface area contributed by atoms with Crippen LogP contribution in [0.1, 0.15) is 58.1 Å². The zero-order valence-electron chi connectivity index (χ0n) is 17.4. The number of guanidine groups is 1. The highest BCUT2D eigenvalue weighted by molar-refractivity contribution is 14.0. The van der Waals surface area contributed by atoms with E-state index in [0.29, 0.717) is 12.6 Å². The number of aryl methyl sites for hydroxylation is 1. The largest absolute Gasteiger partial charge is 0.353 e. The zero-order chi connectivity index (χ0) is 19.3. The molecule has 1 fully saturated rings. The SMILES string of the molecule is Cc1nnc(CN=C(NC2CCCC2)N(C)CC(=O)NC(C)(C)C)n1C.I. The van der Waals surface area contributed by atoms with Crippen molar-refractivity contribution in [3.05, 3.63) is 11.6 Å². The van der Waals surface area contributed by atoms with Crippen LogP contribution in [0.3, 0.4) is 0 Å². The first-order chi connectivity index (χ1) is 12.2. The minimum absolute atomic E-state index is 0. The van der Waals surface area contributed by atoms with Crippen molar-refractivity contribution in [3.8, 4) is 0 Å². The van der Waals surface area contributed by atoms with Crippen LogP contribution < -0.4 is 10.6 Å². The van der Waals surface area contributed by atoms with Crippen molar-refractivity contribution >= 4 is 35.8 Å². The van der Waals surface area contributed by atoms with Crippen LogP contribution in [0.15, 0.2) is 4.99 Å². The second kappa shape index (κ2) is 10.2. The number of nitrogens with one attached hydrogen (secondary N) is 2. The van der Waals surface area contributed by atoms with Gasteiger partial charge in [-0.1, -0.05) is 12.8 Å². The molecule has 1 aromatic rings. The lowest BCUT2D eigenvalue weighted by Gasteiger charge is -2.27. The first kappa shape index (κ1) is 23.6. The molecule has 1 saturated carbocycles. The molecule has 0 atom stereocenters. The van der Waals surface area contributed by atoms with Gasteiger partial charge in [-0.25, -0.2) is 4.99 Å². The Kier molecular flexibility index (Phi) is 8.97. The van der Waals surface area contributed by atoms with Gasteiger partial charge in [0.2, 0.25) is 5.91 Å². The Labute approximate surface area is 179 Å². The van der Waals surface area contributed by atoms with Crippen molar-refractivity contribution in [2.75, 3.05) is 13.6 Å². The van der Waals surface area contributed by atoms with Crippen molar-refractivity contribution in [1.29, 1.82) is 0 Å². The van der Waals surface area contributed by atoms with E-state index in [0.717, 1.165) is 30.5 Å². The second-order valence-corrected chi connectivity index (χ2v) is 8.14. The van der Waals surface area contributed by atoms with Crippen LogP contribution in [0, 0.1) is 6.92 Å². The van der Waals surface area contributed by atoms with E-state index in [1.54, 1.807) is 0 Å². The molecule has 1 aromatic heterocycles. The number of carbonyl (C=O) groups is 1. The Hall–Kier alpha value is -1.39. The topological polar surface area (TPSA) is 87.4 Å². The molecule has 0 saturated heterocycles. The van der Waals surface area contributed by atoms with Crippen LogP contribution in [0.4, 0.5) is 0 Å². The lowest BCUT2D eigenvalue weighted by Crippen LogP contribution is -2.50. The Balaban J connectivity index is 0.00000364. The summed E-state index contributed by atoms with van der Waals surface area (Å²) in [6.07, 6.45) is 4.76. The summed E-state index contributed by atoms with van der Waals surface area (Å²) in [6, 6.07) is 0.420. The van der Waals surface area contributed by atoms with Gasteiger partial charge in [0.15, 0.2) is 11.8 Å². The summed E-state index contributed by atoms with van der Waals surface area (Å²) < 4.78 is 1.93. The van der Waals surface area contributed by atoms with Crippen molar-refractivity contribution < 1.29 is 4.79 Å². The van der Waals surface area contributed by atoms with Crippen LogP contribution in [-0.4, -0.2) is 56.7 Å². The molecular formula is C18H34IN7O. The lowest BCUT2D eigenvalue weighted by molar-refractivity contribution is -0.122. The third kappa shape index (κ3) is 7.63. The first-order valence-corrected chi connectivity index (χ1v) is 9.33. The molecule has 27 heavy (non-hydrogen) atoms. The van der Waals surface area contributed by atoms with Crippen LogP contribution in [0.2, 0.25) is 0 Å². The number of carbonyl (C=O) groups excluding carboxylic acids is 1. The zero-order valence-corrected chi connectivity index (χ0v) is 19.7. The fourth-order valence-corrected chi connectivity index (χ4v) is 3.01. The third-order valence-electron chi connectivity index (χ3n) is 4.50. The molecule has 0 radical (unpaired) electrons. The van der Waals surface area contributed by atoms with Crippen LogP contribution >= 0.6 is 24.0 Å². The van der Waals surface area contributed by atoms with Gasteiger partial charge in [-0.15, -0.1) is 34.2 Å². The number of hydrogen-bond donors (Lipinski definition) is 2. The highest BCUT2D eigenvalue weighted by atomic mass is 127. The summed E-state index contributed by atoms with van der Waals surface area (Å²) in [7, 11) is 3.83. The van der Waals surface area contributed by atoms with Crippen molar-refractivity contribution in [2.24, 2.45) is 12.0 Å². The minimum Gasteiger partial charge on any atom is -0.353 e. The van der Waals surface area contributed by atoms with Gasteiger partial charge in [0.05, 0.1) is 6.54 Å². The smallest absolute Gasteiger partial charge is 0.240 e. The van der Waals surface area contributed by atoms with Crippen molar-refractivity contribution in [1.82, 2.24) is 30.3 Å². The van der Waals surface area contributed by atoms with Gasteiger partial charge in [0.25, 0.3) is 0 Å². The lowest BCUT2D eigenvalue weighted by atomic mass is 10.1. The maximum atomic E-state index is 12.3. The summed E-state index contributed by atoms with van der Waals surface area (Å²) in [4.78, 5) is 18.9. The minimum atomic E-state index is -0.246. The number of aromatic nitrogens is 3. The van der Waals surface area contributed by atoms with E-state index < -0.39 is 0 Å². The Morgan fingerprint density at radius 2 is 1.93 bits per heavy atom. The van der Waals surface area contributed by atoms with Crippen LogP contribution in [0.25, 0.3) is 0 Å². The molecule has 1 aliphatic rings. The van der Waals surface area contributed by atoms with Gasteiger partial charge in [-0.2, -0.15) is 0 Å². The predicted octanol–water partition coefficient (Wildman–Crippen LogP) is 1.98. The monoisotopic (exact) mass is 491 g/mol. The van der Waals surface area contributed by atoms with Gasteiger partial charge in [0.1, 0.15) is 12.4 Å². The molecule has 0 aromatic carbocycles. The number of aliphatic imine (C=N–C) groups is 1. The molecule has 2 N–H and O–H groups in total. The molecule has 8 nitrogen and oxygen atoms in total. The van der Waals surface area contributed by atoms with Crippen molar-refractivity contribution in [3.63, 3.8) is 0 Å². The summed E-state index contributed by atoms with van der Waals surface area (Å²) in [5.41, 5.74) is -0.246. The standard InChI is InChI=1S/C18H33N7O.HI/c1-13-22-23-15(25(13)6)11-19-17(20-14-9-7-8-10-14)24(5)12-16(26)21-18(2,3)4;/h14H,7-12H2,1-6H3,(H,19,20)(H,21,26);1H. The molecule has 154 valence electrons. The highest BCUT2D eigenvalue weighted by Gasteiger charge is 2.21. The van der Waals surface area contributed by atoms with Crippen LogP contribution in [0.5, 0.6) is 0 Å². The Morgan fingerprint density at radius 3 is 2.44 bits per heavy atom. The number of nitrogens with zero attached hydrogens (tertiary/aromatic N) is 5. The predicted molar refractivity (Wildman–Crippen MR) is 118 cm³/mol. The van der Waals surface area contributed by atoms with E-state index in [-0.39, 0.29) is 42.0 Å². The van der Waals surface area contributed by atoms with Crippen LogP contribution in [-0.2, 0) is 18.4 Å². The fraction of sp³-hybridized carbons (Fsp3) is 0.778. The van der Waals surface area contributed by atoms with E-state index in [4.69, 9.17) is 4.99 Å². The average Bonchev–Trinajstić information content (AvgIpc) is 3.13. The summed E-state index contributed by atoms with van der Waals surface area (Å²) in [6.45, 7) is 8.54. The average molecular weight is 491 g/mol. The number of halogens is 1. The maximum Gasteiger partial charge on any atom is 0.240 e. The molecule has 0 aliphatic heterocycles. The number of likely N-dealkylation sites (N-methyl/N-ethyl adjacent to an activating group) is 1. The van der Waals surface area contributed by atoms with E-state index >= 15 is 0 Å². The summed E-state index contributed by atoms with van der Waals surface area (Å²) in [5, 5.41) is 14.8. The molecule has 0 bridgehead atoms. The van der Waals surface area contributed by atoms with Gasteiger partial charge in [-0.05, 0) is 40.5 Å². The van der Waals surface area contributed by atoms with Gasteiger partial charge >= 0.3 is 0 Å². The molecule has 1 amide bonds. The van der Waals surface area contributed by atoms with E-state index in [1.165, 1.54) is 12.8 Å². The molecule has 2 rings (SSSR count). The number of hydrogen-bond acceptors (Lipinski definition) is 4. The first-order valence-electron chi connectivity index (χ1n) is 9.33. The Morgan fingerprint density at radius 1 is 1.30 bits per heavy atom. The molecule has 1 aliphatic carbocycles. The second-order valence-electron chi connectivity index (χ2n) is 8.14. The summed E-state index contributed by atoms with van der Waals surface area (Å²) >= 11 is 0. The normalized spacial score (nSPS) is 15.4. The molecule has 0 spiro atoms. The quantitative estimate of drug-likeness (QED) is 0.374. The molecule has 9 heteroatoms. The maximum absolute atomic E-state index is 12.3. The Bertz CT molecular complexity index is 645. The molecule has 0 unspecified atom stereocenters. The van der Waals surface area contributed by atoms with E-state index in [1.807, 2.05) is 51.3 Å². The fourth-order valence-electron chi connectivity index (χ4n) is 3.01. The van der Waals surface area contributed by atoms with Gasteiger partial charge in [-0.3, -0.25) is 4.79 Å². The molecule has 1 heterocycles.